The molecule has 0 aliphatic carbocycles. The van der Waals surface area contributed by atoms with E-state index in [0.29, 0.717) is 24.7 Å². The van der Waals surface area contributed by atoms with Gasteiger partial charge >= 0.3 is 0 Å². The largest absolute Gasteiger partial charge is 0.314 e. The number of sulfonamides is 1. The highest BCUT2D eigenvalue weighted by Gasteiger charge is 2.34. The predicted molar refractivity (Wildman–Crippen MR) is 90.7 cm³/mol. The molecule has 1 aromatic carbocycles. The van der Waals surface area contributed by atoms with E-state index in [1.165, 1.54) is 12.1 Å². The van der Waals surface area contributed by atoms with E-state index < -0.39 is 15.8 Å². The van der Waals surface area contributed by atoms with Gasteiger partial charge in [-0.25, -0.2) is 17.1 Å². The van der Waals surface area contributed by atoms with E-state index in [1.54, 1.807) is 16.4 Å². The Kier molecular flexibility index (Phi) is 6.39. The first-order valence-corrected chi connectivity index (χ1v) is 9.32. The summed E-state index contributed by atoms with van der Waals surface area (Å²) in [6, 6.07) is 6.14. The Hall–Kier alpha value is -0.730. The summed E-state index contributed by atoms with van der Waals surface area (Å²) in [5.74, 6) is -0.521. The highest BCUT2D eigenvalue weighted by atomic mass is 35.5. The predicted octanol–water partition coefficient (Wildman–Crippen LogP) is 1.06. The summed E-state index contributed by atoms with van der Waals surface area (Å²) in [5.41, 5.74) is 0.505. The fraction of sp³-hybridized carbons (Fsp3) is 0.600. The highest BCUT2D eigenvalue weighted by molar-refractivity contribution is 7.88. The molecule has 2 aliphatic rings. The summed E-state index contributed by atoms with van der Waals surface area (Å²) < 4.78 is 39.8. The van der Waals surface area contributed by atoms with Gasteiger partial charge in [-0.05, 0) is 24.1 Å². The van der Waals surface area contributed by atoms with Crippen LogP contribution in [0.25, 0.3) is 0 Å². The second kappa shape index (κ2) is 7.90. The fourth-order valence-corrected chi connectivity index (χ4v) is 4.80. The van der Waals surface area contributed by atoms with E-state index in [0.717, 1.165) is 32.6 Å². The third-order valence-electron chi connectivity index (χ3n) is 4.43. The number of halogens is 2. The minimum Gasteiger partial charge on any atom is -0.314 e. The van der Waals surface area contributed by atoms with Gasteiger partial charge in [0.2, 0.25) is 10.0 Å². The zero-order valence-electron chi connectivity index (χ0n) is 12.9. The Balaban J connectivity index is 0.00000192. The summed E-state index contributed by atoms with van der Waals surface area (Å²) in [6.07, 6.45) is 0.877. The smallest absolute Gasteiger partial charge is 0.218 e. The molecule has 1 unspecified atom stereocenters. The Bertz CT molecular complexity index is 623. The Morgan fingerprint density at radius 2 is 1.96 bits per heavy atom. The Morgan fingerprint density at radius 1 is 1.22 bits per heavy atom. The van der Waals surface area contributed by atoms with Gasteiger partial charge in [-0.3, -0.25) is 4.90 Å². The summed E-state index contributed by atoms with van der Waals surface area (Å²) in [4.78, 5) is 2.37. The Morgan fingerprint density at radius 3 is 2.65 bits per heavy atom. The third-order valence-corrected chi connectivity index (χ3v) is 6.24. The number of hydrogen-bond donors (Lipinski definition) is 1. The average Bonchev–Trinajstić information content (AvgIpc) is 2.98. The maximum atomic E-state index is 13.2. The molecule has 0 spiro atoms. The lowest BCUT2D eigenvalue weighted by atomic mass is 10.2. The van der Waals surface area contributed by atoms with E-state index in [-0.39, 0.29) is 18.2 Å². The van der Waals surface area contributed by atoms with Crippen molar-refractivity contribution in [2.45, 2.75) is 18.2 Å². The van der Waals surface area contributed by atoms with Crippen LogP contribution in [0.3, 0.4) is 0 Å². The molecule has 130 valence electrons. The SMILES string of the molecule is Cl.O=S(=O)(Cc1cccc(F)c1)N1CCC(N2CCNCC2)C1. The molecule has 0 radical (unpaired) electrons. The number of rotatable bonds is 4. The molecule has 23 heavy (non-hydrogen) atoms. The number of benzene rings is 1. The fourth-order valence-electron chi connectivity index (χ4n) is 3.24. The lowest BCUT2D eigenvalue weighted by Gasteiger charge is -2.32. The molecule has 2 heterocycles. The van der Waals surface area contributed by atoms with Gasteiger partial charge in [-0.2, -0.15) is 0 Å². The molecule has 0 bridgehead atoms. The lowest BCUT2D eigenvalue weighted by molar-refractivity contribution is 0.179. The van der Waals surface area contributed by atoms with Crippen LogP contribution in [-0.4, -0.2) is 62.9 Å². The summed E-state index contributed by atoms with van der Waals surface area (Å²) in [7, 11) is -3.38. The number of nitrogens with one attached hydrogen (secondary N) is 1. The summed E-state index contributed by atoms with van der Waals surface area (Å²) in [5, 5.41) is 3.31. The quantitative estimate of drug-likeness (QED) is 0.869. The van der Waals surface area contributed by atoms with Crippen LogP contribution in [0.2, 0.25) is 0 Å². The first-order valence-electron chi connectivity index (χ1n) is 7.72. The molecule has 0 saturated carbocycles. The first-order chi connectivity index (χ1) is 10.5. The lowest BCUT2D eigenvalue weighted by Crippen LogP contribution is -2.49. The van der Waals surface area contributed by atoms with Crippen LogP contribution in [0.5, 0.6) is 0 Å². The molecule has 1 aromatic rings. The van der Waals surface area contributed by atoms with E-state index in [4.69, 9.17) is 0 Å². The molecular weight excluding hydrogens is 341 g/mol. The maximum absolute atomic E-state index is 13.2. The molecule has 2 aliphatic heterocycles. The van der Waals surface area contributed by atoms with Crippen LogP contribution in [0, 0.1) is 5.82 Å². The van der Waals surface area contributed by atoms with Crippen molar-refractivity contribution < 1.29 is 12.8 Å². The molecule has 8 heteroatoms. The molecule has 1 atom stereocenters. The third kappa shape index (κ3) is 4.64. The van der Waals surface area contributed by atoms with Crippen molar-refractivity contribution in [3.63, 3.8) is 0 Å². The van der Waals surface area contributed by atoms with E-state index in [1.807, 2.05) is 0 Å². The first kappa shape index (κ1) is 18.6. The monoisotopic (exact) mass is 363 g/mol. The van der Waals surface area contributed by atoms with Gasteiger partial charge in [0.05, 0.1) is 5.75 Å². The van der Waals surface area contributed by atoms with Gasteiger partial charge in [-0.15, -0.1) is 12.4 Å². The molecular formula is C15H23ClFN3O2S. The van der Waals surface area contributed by atoms with Gasteiger partial charge in [-0.1, -0.05) is 12.1 Å². The summed E-state index contributed by atoms with van der Waals surface area (Å²) >= 11 is 0. The second-order valence-corrected chi connectivity index (χ2v) is 7.94. The van der Waals surface area contributed by atoms with Gasteiger partial charge < -0.3 is 5.32 Å². The van der Waals surface area contributed by atoms with Crippen molar-refractivity contribution in [3.05, 3.63) is 35.6 Å². The van der Waals surface area contributed by atoms with Crippen LogP contribution < -0.4 is 5.32 Å². The van der Waals surface area contributed by atoms with Crippen LogP contribution in [0.4, 0.5) is 4.39 Å². The molecule has 2 fully saturated rings. The molecule has 0 aromatic heterocycles. The molecule has 1 N–H and O–H groups in total. The Labute approximate surface area is 143 Å². The maximum Gasteiger partial charge on any atom is 0.218 e. The van der Waals surface area contributed by atoms with Crippen molar-refractivity contribution in [1.29, 1.82) is 0 Å². The van der Waals surface area contributed by atoms with Crippen molar-refractivity contribution in [2.75, 3.05) is 39.3 Å². The minimum atomic E-state index is -3.38. The second-order valence-electron chi connectivity index (χ2n) is 5.97. The zero-order chi connectivity index (χ0) is 15.6. The van der Waals surface area contributed by atoms with Crippen molar-refractivity contribution >= 4 is 22.4 Å². The standard InChI is InChI=1S/C15H22FN3O2S.ClH/c16-14-3-1-2-13(10-14)12-22(20,21)19-7-4-15(11-19)18-8-5-17-6-9-18;/h1-3,10,15,17H,4-9,11-12H2;1H. The molecule has 3 rings (SSSR count). The van der Waals surface area contributed by atoms with E-state index >= 15 is 0 Å². The minimum absolute atomic E-state index is 0. The van der Waals surface area contributed by atoms with Crippen molar-refractivity contribution in [1.82, 2.24) is 14.5 Å². The van der Waals surface area contributed by atoms with Crippen molar-refractivity contribution in [2.24, 2.45) is 0 Å². The molecule has 2 saturated heterocycles. The molecule has 5 nitrogen and oxygen atoms in total. The zero-order valence-corrected chi connectivity index (χ0v) is 14.6. The van der Waals surface area contributed by atoms with Gasteiger partial charge in [0.1, 0.15) is 5.82 Å². The molecule has 0 amide bonds. The van der Waals surface area contributed by atoms with Gasteiger partial charge in [0, 0.05) is 45.3 Å². The van der Waals surface area contributed by atoms with Crippen LogP contribution in [-0.2, 0) is 15.8 Å². The van der Waals surface area contributed by atoms with E-state index in [9.17, 15) is 12.8 Å². The number of piperazine rings is 1. The normalized spacial score (nSPS) is 23.6. The number of hydrogen-bond acceptors (Lipinski definition) is 4. The summed E-state index contributed by atoms with van der Waals surface area (Å²) in [6.45, 7) is 4.99. The van der Waals surface area contributed by atoms with E-state index in [2.05, 4.69) is 10.2 Å². The van der Waals surface area contributed by atoms with Crippen molar-refractivity contribution in [3.8, 4) is 0 Å². The van der Waals surface area contributed by atoms with Crippen LogP contribution in [0.1, 0.15) is 12.0 Å². The topological polar surface area (TPSA) is 52.7 Å². The van der Waals surface area contributed by atoms with Gasteiger partial charge in [0.15, 0.2) is 0 Å². The van der Waals surface area contributed by atoms with Crippen LogP contribution in [0.15, 0.2) is 24.3 Å². The highest BCUT2D eigenvalue weighted by Crippen LogP contribution is 2.21. The van der Waals surface area contributed by atoms with Gasteiger partial charge in [0.25, 0.3) is 0 Å². The number of nitrogens with zero attached hydrogens (tertiary/aromatic N) is 2. The van der Waals surface area contributed by atoms with Crippen LogP contribution >= 0.6 is 12.4 Å². The average molecular weight is 364 g/mol.